The molecule has 1 saturated heterocycles. The topological polar surface area (TPSA) is 87.3 Å². The van der Waals surface area contributed by atoms with Crippen molar-refractivity contribution in [3.05, 3.63) is 30.1 Å². The Kier molecular flexibility index (Phi) is 7.21. The van der Waals surface area contributed by atoms with Gasteiger partial charge in [-0.1, -0.05) is 0 Å². The quantitative estimate of drug-likeness (QED) is 0.692. The summed E-state index contributed by atoms with van der Waals surface area (Å²) in [6, 6.07) is 4.64. The maximum Gasteiger partial charge on any atom is 0.240 e. The first kappa shape index (κ1) is 18.8. The van der Waals surface area contributed by atoms with Gasteiger partial charge in [-0.15, -0.1) is 12.4 Å². The minimum Gasteiger partial charge on any atom is -0.352 e. The molecular weight excluding hydrogens is 333 g/mol. The van der Waals surface area contributed by atoms with Crippen molar-refractivity contribution in [1.82, 2.24) is 15.4 Å². The molecule has 1 aliphatic heterocycles. The molecule has 1 heterocycles. The highest BCUT2D eigenvalue weighted by Gasteiger charge is 2.17. The molecule has 1 aromatic carbocycles. The Morgan fingerprint density at radius 1 is 1.32 bits per heavy atom. The monoisotopic (exact) mass is 351 g/mol. The highest BCUT2D eigenvalue weighted by molar-refractivity contribution is 7.89. The summed E-state index contributed by atoms with van der Waals surface area (Å²) in [4.78, 5) is 11.6. The van der Waals surface area contributed by atoms with E-state index in [1.165, 1.54) is 12.1 Å². The second-order valence-corrected chi connectivity index (χ2v) is 6.63. The molecule has 1 fully saturated rings. The second-order valence-electron chi connectivity index (χ2n) is 4.86. The van der Waals surface area contributed by atoms with Crippen LogP contribution in [0.15, 0.2) is 29.2 Å². The summed E-state index contributed by atoms with van der Waals surface area (Å²) in [7, 11) is -3.71. The third-order valence-corrected chi connectivity index (χ3v) is 4.67. The van der Waals surface area contributed by atoms with E-state index in [1.54, 1.807) is 0 Å². The number of hydrogen-bond donors (Lipinski definition) is 3. The normalized spacial score (nSPS) is 17.8. The molecule has 1 aromatic rings. The zero-order valence-corrected chi connectivity index (χ0v) is 13.5. The average molecular weight is 352 g/mol. The van der Waals surface area contributed by atoms with Crippen LogP contribution >= 0.6 is 12.4 Å². The van der Waals surface area contributed by atoms with E-state index < -0.39 is 15.8 Å². The number of nitrogens with one attached hydrogen (secondary N) is 3. The van der Waals surface area contributed by atoms with Crippen LogP contribution in [0.4, 0.5) is 4.39 Å². The fraction of sp³-hybridized carbons (Fsp3) is 0.462. The molecule has 0 aliphatic carbocycles. The van der Waals surface area contributed by atoms with Gasteiger partial charge in [-0.3, -0.25) is 4.79 Å². The third-order valence-electron chi connectivity index (χ3n) is 3.19. The lowest BCUT2D eigenvalue weighted by Gasteiger charge is -2.11. The van der Waals surface area contributed by atoms with Crippen LogP contribution in [0.1, 0.15) is 12.8 Å². The van der Waals surface area contributed by atoms with Crippen LogP contribution in [0.2, 0.25) is 0 Å². The summed E-state index contributed by atoms with van der Waals surface area (Å²) in [6.45, 7) is 1.63. The number of carbonyl (C=O) groups excluding carboxylic acids is 1. The lowest BCUT2D eigenvalue weighted by molar-refractivity contribution is -0.121. The van der Waals surface area contributed by atoms with Crippen molar-refractivity contribution >= 4 is 28.3 Å². The molecule has 1 atom stereocenters. The van der Waals surface area contributed by atoms with Crippen LogP contribution in [0.3, 0.4) is 0 Å². The van der Waals surface area contributed by atoms with Gasteiger partial charge in [0.05, 0.1) is 4.90 Å². The number of halogens is 2. The molecule has 1 amide bonds. The highest BCUT2D eigenvalue weighted by Crippen LogP contribution is 2.09. The van der Waals surface area contributed by atoms with Crippen molar-refractivity contribution in [2.45, 2.75) is 23.8 Å². The van der Waals surface area contributed by atoms with Gasteiger partial charge in [-0.2, -0.15) is 0 Å². The lowest BCUT2D eigenvalue weighted by atomic mass is 10.2. The van der Waals surface area contributed by atoms with Gasteiger partial charge in [-0.25, -0.2) is 17.5 Å². The zero-order valence-electron chi connectivity index (χ0n) is 11.8. The standard InChI is InChI=1S/C13H18FN3O3S.ClH/c14-10-1-3-12(4-2-10)21(19,20)16-8-6-13(18)17-11-5-7-15-9-11;/h1-4,11,15-16H,5-9H2,(H,17,18);1H. The van der Waals surface area contributed by atoms with Crippen molar-refractivity contribution in [3.63, 3.8) is 0 Å². The second kappa shape index (κ2) is 8.42. The molecule has 6 nitrogen and oxygen atoms in total. The Labute approximate surface area is 135 Å². The largest absolute Gasteiger partial charge is 0.352 e. The number of rotatable bonds is 6. The van der Waals surface area contributed by atoms with Gasteiger partial charge in [0, 0.05) is 25.6 Å². The molecule has 0 bridgehead atoms. The van der Waals surface area contributed by atoms with E-state index in [-0.39, 0.29) is 42.2 Å². The van der Waals surface area contributed by atoms with Gasteiger partial charge in [0.2, 0.25) is 15.9 Å². The van der Waals surface area contributed by atoms with Crippen molar-refractivity contribution in [2.75, 3.05) is 19.6 Å². The van der Waals surface area contributed by atoms with Gasteiger partial charge < -0.3 is 10.6 Å². The first-order chi connectivity index (χ1) is 9.97. The summed E-state index contributed by atoms with van der Waals surface area (Å²) in [5.41, 5.74) is 0. The molecule has 0 spiro atoms. The van der Waals surface area contributed by atoms with Crippen molar-refractivity contribution < 1.29 is 17.6 Å². The molecular formula is C13H19ClFN3O3S. The van der Waals surface area contributed by atoms with E-state index >= 15 is 0 Å². The van der Waals surface area contributed by atoms with Crippen LogP contribution in [0, 0.1) is 5.82 Å². The van der Waals surface area contributed by atoms with Gasteiger partial charge >= 0.3 is 0 Å². The highest BCUT2D eigenvalue weighted by atomic mass is 35.5. The molecule has 0 aromatic heterocycles. The van der Waals surface area contributed by atoms with E-state index in [1.807, 2.05) is 0 Å². The van der Waals surface area contributed by atoms with Gasteiger partial charge in [0.15, 0.2) is 0 Å². The molecule has 124 valence electrons. The molecule has 0 radical (unpaired) electrons. The van der Waals surface area contributed by atoms with E-state index in [2.05, 4.69) is 15.4 Å². The van der Waals surface area contributed by atoms with Gasteiger partial charge in [0.1, 0.15) is 5.82 Å². The lowest BCUT2D eigenvalue weighted by Crippen LogP contribution is -2.38. The molecule has 2 rings (SSSR count). The van der Waals surface area contributed by atoms with Crippen LogP contribution in [0.5, 0.6) is 0 Å². The first-order valence-electron chi connectivity index (χ1n) is 6.73. The predicted molar refractivity (Wildman–Crippen MR) is 82.9 cm³/mol. The SMILES string of the molecule is Cl.O=C(CCNS(=O)(=O)c1ccc(F)cc1)NC1CCNC1. The fourth-order valence-corrected chi connectivity index (χ4v) is 3.11. The van der Waals surface area contributed by atoms with Crippen molar-refractivity contribution in [1.29, 1.82) is 0 Å². The van der Waals surface area contributed by atoms with E-state index in [0.717, 1.165) is 31.6 Å². The molecule has 9 heteroatoms. The number of hydrogen-bond acceptors (Lipinski definition) is 4. The molecule has 3 N–H and O–H groups in total. The third kappa shape index (κ3) is 5.53. The summed E-state index contributed by atoms with van der Waals surface area (Å²) in [5.74, 6) is -0.691. The number of amides is 1. The predicted octanol–water partition coefficient (Wildman–Crippen LogP) is 0.394. The molecule has 1 aliphatic rings. The van der Waals surface area contributed by atoms with E-state index in [9.17, 15) is 17.6 Å². The number of carbonyl (C=O) groups is 1. The minimum absolute atomic E-state index is 0. The Balaban J connectivity index is 0.00000242. The Morgan fingerprint density at radius 3 is 2.59 bits per heavy atom. The zero-order chi connectivity index (χ0) is 15.3. The van der Waals surface area contributed by atoms with Crippen LogP contribution in [0.25, 0.3) is 0 Å². The van der Waals surface area contributed by atoms with Crippen LogP contribution in [-0.4, -0.2) is 40.0 Å². The summed E-state index contributed by atoms with van der Waals surface area (Å²) < 4.78 is 38.9. The first-order valence-corrected chi connectivity index (χ1v) is 8.21. The number of benzene rings is 1. The van der Waals surface area contributed by atoms with E-state index in [4.69, 9.17) is 0 Å². The molecule has 0 saturated carbocycles. The Hall–Kier alpha value is -1.22. The minimum atomic E-state index is -3.71. The Bertz CT molecular complexity index is 589. The molecule has 1 unspecified atom stereocenters. The summed E-state index contributed by atoms with van der Waals surface area (Å²) in [5, 5.41) is 5.95. The van der Waals surface area contributed by atoms with Crippen molar-refractivity contribution in [3.8, 4) is 0 Å². The average Bonchev–Trinajstić information content (AvgIpc) is 2.91. The van der Waals surface area contributed by atoms with Crippen LogP contribution < -0.4 is 15.4 Å². The number of sulfonamides is 1. The van der Waals surface area contributed by atoms with Crippen molar-refractivity contribution in [2.24, 2.45) is 0 Å². The molecule has 22 heavy (non-hydrogen) atoms. The summed E-state index contributed by atoms with van der Waals surface area (Å²) >= 11 is 0. The van der Waals surface area contributed by atoms with Crippen LogP contribution in [-0.2, 0) is 14.8 Å². The Morgan fingerprint density at radius 2 is 2.00 bits per heavy atom. The maximum atomic E-state index is 12.8. The smallest absolute Gasteiger partial charge is 0.240 e. The van der Waals surface area contributed by atoms with E-state index in [0.29, 0.717) is 0 Å². The van der Waals surface area contributed by atoms with Gasteiger partial charge in [-0.05, 0) is 37.2 Å². The summed E-state index contributed by atoms with van der Waals surface area (Å²) in [6.07, 6.45) is 0.948. The maximum absolute atomic E-state index is 12.8. The fourth-order valence-electron chi connectivity index (χ4n) is 2.07. The van der Waals surface area contributed by atoms with Gasteiger partial charge in [0.25, 0.3) is 0 Å².